The lowest BCUT2D eigenvalue weighted by Crippen LogP contribution is -2.37. The zero-order valence-corrected chi connectivity index (χ0v) is 11.0. The summed E-state index contributed by atoms with van der Waals surface area (Å²) in [6, 6.07) is 3.47. The first-order chi connectivity index (χ1) is 8.04. The molecule has 0 saturated carbocycles. The van der Waals surface area contributed by atoms with Gasteiger partial charge in [-0.25, -0.2) is 0 Å². The molecule has 0 radical (unpaired) electrons. The maximum absolute atomic E-state index is 10.9. The molecule has 2 rings (SSSR count). The second-order valence-electron chi connectivity index (χ2n) is 5.18. The lowest BCUT2D eigenvalue weighted by molar-refractivity contribution is 0.104. The third-order valence-electron chi connectivity index (χ3n) is 3.18. The molecule has 0 bridgehead atoms. The Balaban J connectivity index is 1.97. The van der Waals surface area contributed by atoms with Gasteiger partial charge < -0.3 is 4.42 Å². The molecular weight excluding hydrogens is 238 g/mol. The number of hydrogen-bond donors (Lipinski definition) is 0. The molecule has 0 N–H and O–H groups in total. The van der Waals surface area contributed by atoms with Crippen LogP contribution in [0.1, 0.15) is 36.6 Å². The summed E-state index contributed by atoms with van der Waals surface area (Å²) in [4.78, 5) is 13.3. The van der Waals surface area contributed by atoms with Crippen LogP contribution in [0, 0.1) is 11.8 Å². The predicted octanol–water partition coefficient (Wildman–Crippen LogP) is 3.14. The molecule has 1 aliphatic heterocycles. The largest absolute Gasteiger partial charge is 0.455 e. The number of piperidine rings is 1. The molecule has 1 aliphatic rings. The molecule has 2 heterocycles. The first-order valence-corrected chi connectivity index (χ1v) is 6.43. The number of furan rings is 1. The van der Waals surface area contributed by atoms with Crippen LogP contribution in [-0.4, -0.2) is 23.2 Å². The standard InChI is InChI=1S/C13H18ClNO2/c1-9-5-10(2)7-15(6-9)8-11-3-4-12(17-11)13(14)16/h3-4,9-10H,5-8H2,1-2H3. The Morgan fingerprint density at radius 2 is 2.06 bits per heavy atom. The van der Waals surface area contributed by atoms with Gasteiger partial charge in [-0.2, -0.15) is 0 Å². The molecule has 4 heteroatoms. The van der Waals surface area contributed by atoms with Crippen molar-refractivity contribution in [1.82, 2.24) is 4.90 Å². The van der Waals surface area contributed by atoms with E-state index in [0.29, 0.717) is 0 Å². The second kappa shape index (κ2) is 5.23. The molecule has 0 aromatic carbocycles. The molecular formula is C13H18ClNO2. The molecule has 2 unspecified atom stereocenters. The van der Waals surface area contributed by atoms with Crippen molar-refractivity contribution in [3.8, 4) is 0 Å². The van der Waals surface area contributed by atoms with E-state index >= 15 is 0 Å². The van der Waals surface area contributed by atoms with Crippen LogP contribution in [0.5, 0.6) is 0 Å². The fraction of sp³-hybridized carbons (Fsp3) is 0.615. The normalized spacial score (nSPS) is 26.1. The number of hydrogen-bond acceptors (Lipinski definition) is 3. The van der Waals surface area contributed by atoms with Crippen LogP contribution in [0.3, 0.4) is 0 Å². The van der Waals surface area contributed by atoms with Crippen molar-refractivity contribution in [2.45, 2.75) is 26.8 Å². The summed E-state index contributed by atoms with van der Waals surface area (Å²) >= 11 is 5.36. The molecule has 0 aliphatic carbocycles. The zero-order chi connectivity index (χ0) is 12.4. The summed E-state index contributed by atoms with van der Waals surface area (Å²) in [6.45, 7) is 7.50. The van der Waals surface area contributed by atoms with Crippen LogP contribution < -0.4 is 0 Å². The highest BCUT2D eigenvalue weighted by atomic mass is 35.5. The third-order valence-corrected chi connectivity index (χ3v) is 3.37. The highest BCUT2D eigenvalue weighted by Crippen LogP contribution is 2.23. The minimum Gasteiger partial charge on any atom is -0.455 e. The maximum atomic E-state index is 10.9. The van der Waals surface area contributed by atoms with Crippen molar-refractivity contribution in [3.05, 3.63) is 23.7 Å². The van der Waals surface area contributed by atoms with Crippen molar-refractivity contribution in [3.63, 3.8) is 0 Å². The molecule has 2 atom stereocenters. The van der Waals surface area contributed by atoms with Gasteiger partial charge >= 0.3 is 0 Å². The van der Waals surface area contributed by atoms with E-state index in [2.05, 4.69) is 18.7 Å². The predicted molar refractivity (Wildman–Crippen MR) is 67.1 cm³/mol. The molecule has 1 saturated heterocycles. The van der Waals surface area contributed by atoms with Crippen molar-refractivity contribution >= 4 is 16.8 Å². The number of halogens is 1. The average molecular weight is 256 g/mol. The molecule has 1 fully saturated rings. The van der Waals surface area contributed by atoms with E-state index in [4.69, 9.17) is 16.0 Å². The van der Waals surface area contributed by atoms with Crippen molar-refractivity contribution in [1.29, 1.82) is 0 Å². The van der Waals surface area contributed by atoms with E-state index in [1.54, 1.807) is 6.07 Å². The van der Waals surface area contributed by atoms with Gasteiger partial charge in [0.1, 0.15) is 5.76 Å². The number of carbonyl (C=O) groups excluding carboxylic acids is 1. The SMILES string of the molecule is CC1CC(C)CN(Cc2ccc(C(=O)Cl)o2)C1. The van der Waals surface area contributed by atoms with Gasteiger partial charge in [-0.1, -0.05) is 13.8 Å². The third kappa shape index (κ3) is 3.33. The van der Waals surface area contributed by atoms with Gasteiger partial charge in [0.15, 0.2) is 5.76 Å². The summed E-state index contributed by atoms with van der Waals surface area (Å²) < 4.78 is 5.40. The molecule has 1 aromatic heterocycles. The molecule has 17 heavy (non-hydrogen) atoms. The van der Waals surface area contributed by atoms with Gasteiger partial charge in [-0.3, -0.25) is 9.69 Å². The summed E-state index contributed by atoms with van der Waals surface area (Å²) in [5.41, 5.74) is 0. The Kier molecular flexibility index (Phi) is 3.89. The minimum atomic E-state index is -0.531. The van der Waals surface area contributed by atoms with E-state index in [0.717, 1.165) is 37.2 Å². The Bertz CT molecular complexity index is 392. The van der Waals surface area contributed by atoms with Gasteiger partial charge in [-0.15, -0.1) is 0 Å². The lowest BCUT2D eigenvalue weighted by Gasteiger charge is -2.34. The van der Waals surface area contributed by atoms with Crippen LogP contribution in [0.2, 0.25) is 0 Å². The van der Waals surface area contributed by atoms with Crippen molar-refractivity contribution in [2.75, 3.05) is 13.1 Å². The highest BCUT2D eigenvalue weighted by Gasteiger charge is 2.22. The van der Waals surface area contributed by atoms with Crippen molar-refractivity contribution < 1.29 is 9.21 Å². The topological polar surface area (TPSA) is 33.5 Å². The van der Waals surface area contributed by atoms with Crippen LogP contribution in [-0.2, 0) is 6.54 Å². The van der Waals surface area contributed by atoms with Crippen LogP contribution >= 0.6 is 11.6 Å². The zero-order valence-electron chi connectivity index (χ0n) is 10.3. The first-order valence-electron chi connectivity index (χ1n) is 6.05. The Morgan fingerprint density at radius 1 is 1.41 bits per heavy atom. The fourth-order valence-corrected chi connectivity index (χ4v) is 2.81. The fourth-order valence-electron chi connectivity index (χ4n) is 2.71. The van der Waals surface area contributed by atoms with E-state index < -0.39 is 5.24 Å². The van der Waals surface area contributed by atoms with Gasteiger partial charge in [0.25, 0.3) is 5.24 Å². The van der Waals surface area contributed by atoms with Gasteiger partial charge in [0.2, 0.25) is 0 Å². The van der Waals surface area contributed by atoms with Gasteiger partial charge in [-0.05, 0) is 42.0 Å². The minimum absolute atomic E-state index is 0.236. The van der Waals surface area contributed by atoms with E-state index in [1.807, 2.05) is 6.07 Å². The Morgan fingerprint density at radius 3 is 2.59 bits per heavy atom. The van der Waals surface area contributed by atoms with E-state index in [1.165, 1.54) is 6.42 Å². The van der Waals surface area contributed by atoms with Gasteiger partial charge in [0.05, 0.1) is 6.54 Å². The summed E-state index contributed by atoms with van der Waals surface area (Å²) in [7, 11) is 0. The molecule has 3 nitrogen and oxygen atoms in total. The Hall–Kier alpha value is -0.800. The molecule has 0 amide bonds. The number of likely N-dealkylation sites (tertiary alicyclic amines) is 1. The first kappa shape index (κ1) is 12.7. The summed E-state index contributed by atoms with van der Waals surface area (Å²) in [5.74, 6) is 2.50. The quantitative estimate of drug-likeness (QED) is 0.778. The van der Waals surface area contributed by atoms with E-state index in [9.17, 15) is 4.79 Å². The second-order valence-corrected chi connectivity index (χ2v) is 5.52. The highest BCUT2D eigenvalue weighted by molar-refractivity contribution is 6.67. The van der Waals surface area contributed by atoms with Crippen LogP contribution in [0.4, 0.5) is 0 Å². The van der Waals surface area contributed by atoms with Crippen LogP contribution in [0.25, 0.3) is 0 Å². The molecule has 94 valence electrons. The monoisotopic (exact) mass is 255 g/mol. The van der Waals surface area contributed by atoms with Crippen molar-refractivity contribution in [2.24, 2.45) is 11.8 Å². The Labute approximate surface area is 107 Å². The van der Waals surface area contributed by atoms with E-state index in [-0.39, 0.29) is 5.76 Å². The summed E-state index contributed by atoms with van der Waals surface area (Å²) in [6.07, 6.45) is 1.29. The lowest BCUT2D eigenvalue weighted by atomic mass is 9.92. The average Bonchev–Trinajstić information content (AvgIpc) is 2.64. The number of carbonyl (C=O) groups is 1. The smallest absolute Gasteiger partial charge is 0.287 e. The maximum Gasteiger partial charge on any atom is 0.287 e. The van der Waals surface area contributed by atoms with Crippen LogP contribution in [0.15, 0.2) is 16.5 Å². The molecule has 1 aromatic rings. The molecule has 0 spiro atoms. The summed E-state index contributed by atoms with van der Waals surface area (Å²) in [5, 5.41) is -0.531. The van der Waals surface area contributed by atoms with Gasteiger partial charge in [0, 0.05) is 13.1 Å². The number of nitrogens with zero attached hydrogens (tertiary/aromatic N) is 1. The number of rotatable bonds is 3.